The number of nitrogens with one attached hydrogen (secondary N) is 2. The van der Waals surface area contributed by atoms with E-state index < -0.39 is 0 Å². The highest BCUT2D eigenvalue weighted by molar-refractivity contribution is 5.91. The first-order chi connectivity index (χ1) is 12.1. The van der Waals surface area contributed by atoms with Crippen molar-refractivity contribution in [1.29, 1.82) is 0 Å². The fraction of sp³-hybridized carbons (Fsp3) is 0.143. The molecule has 0 bridgehead atoms. The standard InChI is InChI=1S/C21H21N3O/c1-15-6-5-9-20(12-15)23-16(2)21(25)24-22-14-17-10-11-18-7-3-4-8-19(18)13-17/h3-14,16,23H,1-2H3,(H,24,25)/b22-14-/t16-/m1/s1. The van der Waals surface area contributed by atoms with Crippen LogP contribution in [0.2, 0.25) is 0 Å². The Morgan fingerprint density at radius 3 is 2.60 bits per heavy atom. The van der Waals surface area contributed by atoms with Crippen molar-refractivity contribution < 1.29 is 4.79 Å². The van der Waals surface area contributed by atoms with Gasteiger partial charge in [0.05, 0.1) is 6.21 Å². The molecule has 3 aromatic carbocycles. The van der Waals surface area contributed by atoms with Crippen molar-refractivity contribution >= 4 is 28.6 Å². The van der Waals surface area contributed by atoms with E-state index in [9.17, 15) is 4.79 Å². The van der Waals surface area contributed by atoms with E-state index in [0.717, 1.165) is 22.2 Å². The molecule has 0 fully saturated rings. The number of nitrogens with zero attached hydrogens (tertiary/aromatic N) is 1. The predicted molar refractivity (Wildman–Crippen MR) is 104 cm³/mol. The molecule has 3 aromatic rings. The molecule has 0 saturated carbocycles. The van der Waals surface area contributed by atoms with Gasteiger partial charge in [0.15, 0.2) is 0 Å². The zero-order valence-corrected chi connectivity index (χ0v) is 14.4. The summed E-state index contributed by atoms with van der Waals surface area (Å²) in [5, 5.41) is 9.56. The lowest BCUT2D eigenvalue weighted by molar-refractivity contribution is -0.121. The van der Waals surface area contributed by atoms with Crippen LogP contribution < -0.4 is 10.7 Å². The summed E-state index contributed by atoms with van der Waals surface area (Å²) < 4.78 is 0. The number of rotatable bonds is 5. The third-order valence-electron chi connectivity index (χ3n) is 3.96. The lowest BCUT2D eigenvalue weighted by atomic mass is 10.1. The van der Waals surface area contributed by atoms with Crippen molar-refractivity contribution in [3.63, 3.8) is 0 Å². The molecule has 1 amide bonds. The summed E-state index contributed by atoms with van der Waals surface area (Å²) in [5.41, 5.74) is 5.59. The lowest BCUT2D eigenvalue weighted by Crippen LogP contribution is -2.34. The number of amides is 1. The monoisotopic (exact) mass is 331 g/mol. The summed E-state index contributed by atoms with van der Waals surface area (Å²) in [5.74, 6) is -0.182. The highest BCUT2D eigenvalue weighted by atomic mass is 16.2. The van der Waals surface area contributed by atoms with Gasteiger partial charge in [-0.05, 0) is 53.9 Å². The van der Waals surface area contributed by atoms with E-state index in [1.807, 2.05) is 68.4 Å². The molecule has 0 aliphatic heterocycles. The molecule has 2 N–H and O–H groups in total. The maximum atomic E-state index is 12.1. The second-order valence-electron chi connectivity index (χ2n) is 6.08. The largest absolute Gasteiger partial charge is 0.374 e. The Balaban J connectivity index is 1.59. The number of carbonyl (C=O) groups is 1. The smallest absolute Gasteiger partial charge is 0.262 e. The minimum Gasteiger partial charge on any atom is -0.374 e. The van der Waals surface area contributed by atoms with Gasteiger partial charge >= 0.3 is 0 Å². The number of anilines is 1. The van der Waals surface area contributed by atoms with Crippen LogP contribution in [-0.2, 0) is 4.79 Å². The molecule has 4 heteroatoms. The first-order valence-electron chi connectivity index (χ1n) is 8.27. The number of hydrazone groups is 1. The molecule has 0 saturated heterocycles. The van der Waals surface area contributed by atoms with E-state index in [1.54, 1.807) is 6.21 Å². The SMILES string of the molecule is Cc1cccc(N[C@H](C)C(=O)N/N=C\c2ccc3ccccc3c2)c1. The van der Waals surface area contributed by atoms with Gasteiger partial charge in [0.2, 0.25) is 0 Å². The Hall–Kier alpha value is -3.14. The Labute approximate surface area is 147 Å². The molecule has 25 heavy (non-hydrogen) atoms. The third kappa shape index (κ3) is 4.44. The highest BCUT2D eigenvalue weighted by Crippen LogP contribution is 2.14. The van der Waals surface area contributed by atoms with Gasteiger partial charge in [-0.25, -0.2) is 5.43 Å². The first-order valence-corrected chi connectivity index (χ1v) is 8.27. The molecule has 0 heterocycles. The number of fused-ring (bicyclic) bond motifs is 1. The van der Waals surface area contributed by atoms with Crippen molar-refractivity contribution in [2.24, 2.45) is 5.10 Å². The molecular formula is C21H21N3O. The van der Waals surface area contributed by atoms with E-state index in [0.29, 0.717) is 0 Å². The van der Waals surface area contributed by atoms with Gasteiger partial charge in [-0.3, -0.25) is 4.79 Å². The quantitative estimate of drug-likeness (QED) is 0.546. The molecule has 4 nitrogen and oxygen atoms in total. The van der Waals surface area contributed by atoms with Crippen LogP contribution in [0, 0.1) is 6.92 Å². The van der Waals surface area contributed by atoms with Crippen LogP contribution in [0.25, 0.3) is 10.8 Å². The second-order valence-corrected chi connectivity index (χ2v) is 6.08. The molecule has 126 valence electrons. The normalized spacial score (nSPS) is 12.2. The molecule has 0 unspecified atom stereocenters. The maximum Gasteiger partial charge on any atom is 0.262 e. The van der Waals surface area contributed by atoms with E-state index in [1.165, 1.54) is 5.39 Å². The number of hydrogen-bond acceptors (Lipinski definition) is 3. The van der Waals surface area contributed by atoms with E-state index >= 15 is 0 Å². The predicted octanol–water partition coefficient (Wildman–Crippen LogP) is 4.10. The highest BCUT2D eigenvalue weighted by Gasteiger charge is 2.11. The Kier molecular flexibility index (Phi) is 5.09. The minimum atomic E-state index is -0.379. The molecule has 1 atom stereocenters. The number of benzene rings is 3. The van der Waals surface area contributed by atoms with Crippen LogP contribution in [-0.4, -0.2) is 18.2 Å². The van der Waals surface area contributed by atoms with E-state index in [2.05, 4.69) is 28.0 Å². The molecule has 3 rings (SSSR count). The minimum absolute atomic E-state index is 0.182. The summed E-state index contributed by atoms with van der Waals surface area (Å²) in [6.07, 6.45) is 1.66. The van der Waals surface area contributed by atoms with Gasteiger partial charge in [-0.15, -0.1) is 0 Å². The second kappa shape index (κ2) is 7.62. The molecule has 0 spiro atoms. The van der Waals surface area contributed by atoms with Crippen LogP contribution in [0.5, 0.6) is 0 Å². The summed E-state index contributed by atoms with van der Waals surface area (Å²) in [4.78, 5) is 12.1. The fourth-order valence-electron chi connectivity index (χ4n) is 2.61. The Bertz CT molecular complexity index is 918. The van der Waals surface area contributed by atoms with Crippen LogP contribution in [0.3, 0.4) is 0 Å². The average molecular weight is 331 g/mol. The van der Waals surface area contributed by atoms with Gasteiger partial charge in [0, 0.05) is 5.69 Å². The number of carbonyl (C=O) groups excluding carboxylic acids is 1. The summed E-state index contributed by atoms with van der Waals surface area (Å²) >= 11 is 0. The van der Waals surface area contributed by atoms with Crippen molar-refractivity contribution in [3.05, 3.63) is 77.9 Å². The molecule has 0 radical (unpaired) electrons. The van der Waals surface area contributed by atoms with Crippen LogP contribution in [0.15, 0.2) is 71.8 Å². The zero-order valence-electron chi connectivity index (χ0n) is 14.4. The maximum absolute atomic E-state index is 12.1. The van der Waals surface area contributed by atoms with Crippen LogP contribution in [0.4, 0.5) is 5.69 Å². The first kappa shape index (κ1) is 16.7. The van der Waals surface area contributed by atoms with E-state index in [4.69, 9.17) is 0 Å². The van der Waals surface area contributed by atoms with Crippen molar-refractivity contribution in [1.82, 2.24) is 5.43 Å². The number of aryl methyl sites for hydroxylation is 1. The van der Waals surface area contributed by atoms with Crippen molar-refractivity contribution in [2.75, 3.05) is 5.32 Å². The van der Waals surface area contributed by atoms with Crippen LogP contribution in [0.1, 0.15) is 18.1 Å². The van der Waals surface area contributed by atoms with E-state index in [-0.39, 0.29) is 11.9 Å². The van der Waals surface area contributed by atoms with Gasteiger partial charge in [0.1, 0.15) is 6.04 Å². The Morgan fingerprint density at radius 1 is 1.00 bits per heavy atom. The molecule has 0 aliphatic rings. The number of hydrogen-bond donors (Lipinski definition) is 2. The van der Waals surface area contributed by atoms with Crippen LogP contribution >= 0.6 is 0 Å². The zero-order chi connectivity index (χ0) is 17.6. The van der Waals surface area contributed by atoms with Gasteiger partial charge in [-0.2, -0.15) is 5.10 Å². The van der Waals surface area contributed by atoms with Crippen molar-refractivity contribution in [2.45, 2.75) is 19.9 Å². The molecule has 0 aromatic heterocycles. The summed E-state index contributed by atoms with van der Waals surface area (Å²) in [6, 6.07) is 21.7. The Morgan fingerprint density at radius 2 is 1.80 bits per heavy atom. The average Bonchev–Trinajstić information content (AvgIpc) is 2.61. The van der Waals surface area contributed by atoms with Gasteiger partial charge < -0.3 is 5.32 Å². The van der Waals surface area contributed by atoms with Gasteiger partial charge in [0.25, 0.3) is 5.91 Å². The van der Waals surface area contributed by atoms with Gasteiger partial charge in [-0.1, -0.05) is 48.5 Å². The van der Waals surface area contributed by atoms with Crippen molar-refractivity contribution in [3.8, 4) is 0 Å². The topological polar surface area (TPSA) is 53.5 Å². The fourth-order valence-corrected chi connectivity index (χ4v) is 2.61. The molecular weight excluding hydrogens is 310 g/mol. The summed E-state index contributed by atoms with van der Waals surface area (Å²) in [6.45, 7) is 3.83. The molecule has 0 aliphatic carbocycles. The lowest BCUT2D eigenvalue weighted by Gasteiger charge is -2.13. The summed E-state index contributed by atoms with van der Waals surface area (Å²) in [7, 11) is 0. The third-order valence-corrected chi connectivity index (χ3v) is 3.96.